The lowest BCUT2D eigenvalue weighted by molar-refractivity contribution is -0.148. The molecule has 0 aromatic rings. The molecule has 0 bridgehead atoms. The number of nitrogens with two attached hydrogens (primary N) is 1. The number of likely N-dealkylation sites (tertiary alicyclic amines) is 1. The minimum Gasteiger partial charge on any atom is -0.352 e. The van der Waals surface area contributed by atoms with Gasteiger partial charge >= 0.3 is 6.18 Å². The maximum Gasteiger partial charge on any atom is 0.401 e. The van der Waals surface area contributed by atoms with Crippen LogP contribution in [0.2, 0.25) is 0 Å². The van der Waals surface area contributed by atoms with Gasteiger partial charge < -0.3 is 11.1 Å². The van der Waals surface area contributed by atoms with Gasteiger partial charge in [0.25, 0.3) is 0 Å². The Morgan fingerprint density at radius 3 is 2.35 bits per heavy atom. The van der Waals surface area contributed by atoms with Gasteiger partial charge in [0.05, 0.1) is 12.1 Å². The largest absolute Gasteiger partial charge is 0.401 e. The molecule has 0 radical (unpaired) electrons. The van der Waals surface area contributed by atoms with Gasteiger partial charge in [-0.1, -0.05) is 13.3 Å². The zero-order chi connectivity index (χ0) is 15.4. The van der Waals surface area contributed by atoms with Gasteiger partial charge in [-0.15, -0.1) is 0 Å². The number of carbonyl (C=O) groups excluding carboxylic acids is 1. The molecule has 20 heavy (non-hydrogen) atoms. The molecular formula is C13H24F3N3O. The first kappa shape index (κ1) is 17.2. The Hall–Kier alpha value is -0.820. The molecule has 3 N–H and O–H groups in total. The Kier molecular flexibility index (Phi) is 5.82. The van der Waals surface area contributed by atoms with E-state index in [0.29, 0.717) is 32.4 Å². The lowest BCUT2D eigenvalue weighted by atomic mass is 9.95. The predicted molar refractivity (Wildman–Crippen MR) is 71.2 cm³/mol. The van der Waals surface area contributed by atoms with Crippen LogP contribution in [0, 0.1) is 0 Å². The highest BCUT2D eigenvalue weighted by Crippen LogP contribution is 2.20. The third-order valence-electron chi connectivity index (χ3n) is 3.61. The van der Waals surface area contributed by atoms with Gasteiger partial charge in [0.15, 0.2) is 0 Å². The quantitative estimate of drug-likeness (QED) is 0.811. The zero-order valence-corrected chi connectivity index (χ0v) is 12.1. The minimum atomic E-state index is -4.16. The number of hydrogen-bond donors (Lipinski definition) is 2. The molecule has 1 saturated heterocycles. The predicted octanol–water partition coefficient (Wildman–Crippen LogP) is 1.65. The molecule has 0 saturated carbocycles. The van der Waals surface area contributed by atoms with Crippen molar-refractivity contribution in [3.8, 4) is 0 Å². The van der Waals surface area contributed by atoms with Crippen molar-refractivity contribution in [2.75, 3.05) is 19.6 Å². The summed E-state index contributed by atoms with van der Waals surface area (Å²) in [7, 11) is 0. The van der Waals surface area contributed by atoms with Crippen LogP contribution in [0.3, 0.4) is 0 Å². The first-order valence-electron chi connectivity index (χ1n) is 7.03. The second-order valence-electron chi connectivity index (χ2n) is 5.81. The number of hydrogen-bond acceptors (Lipinski definition) is 3. The van der Waals surface area contributed by atoms with Crippen LogP contribution in [0.4, 0.5) is 13.2 Å². The number of carbonyl (C=O) groups is 1. The molecule has 1 atom stereocenters. The fourth-order valence-corrected chi connectivity index (χ4v) is 2.47. The van der Waals surface area contributed by atoms with E-state index in [1.807, 2.05) is 6.92 Å². The van der Waals surface area contributed by atoms with Crippen LogP contribution in [0.25, 0.3) is 0 Å². The van der Waals surface area contributed by atoms with E-state index in [0.717, 1.165) is 6.42 Å². The Balaban J connectivity index is 2.37. The molecule has 4 nitrogen and oxygen atoms in total. The molecule has 1 fully saturated rings. The third-order valence-corrected chi connectivity index (χ3v) is 3.61. The van der Waals surface area contributed by atoms with Crippen LogP contribution in [0.1, 0.15) is 39.5 Å². The molecule has 0 aromatic carbocycles. The number of halogens is 3. The highest BCUT2D eigenvalue weighted by Gasteiger charge is 2.34. The smallest absolute Gasteiger partial charge is 0.352 e. The van der Waals surface area contributed by atoms with E-state index < -0.39 is 18.3 Å². The number of nitrogens with zero attached hydrogens (tertiary/aromatic N) is 1. The standard InChI is InChI=1S/C13H24F3N3O/c1-3-6-12(2,17)11(20)18-10-4-7-19(8-5-10)9-13(14,15)16/h10H,3-9,17H2,1-2H3,(H,18,20). The molecule has 1 rings (SSSR count). The van der Waals surface area contributed by atoms with Gasteiger partial charge in [0.2, 0.25) is 5.91 Å². The number of nitrogens with one attached hydrogen (secondary N) is 1. The van der Waals surface area contributed by atoms with Gasteiger partial charge in [-0.2, -0.15) is 13.2 Å². The average Bonchev–Trinajstić information content (AvgIpc) is 2.29. The molecule has 1 amide bonds. The van der Waals surface area contributed by atoms with E-state index >= 15 is 0 Å². The fraction of sp³-hybridized carbons (Fsp3) is 0.923. The SMILES string of the molecule is CCCC(C)(N)C(=O)NC1CCN(CC(F)(F)F)CC1. The van der Waals surface area contributed by atoms with E-state index in [-0.39, 0.29) is 11.9 Å². The maximum absolute atomic E-state index is 12.3. The summed E-state index contributed by atoms with van der Waals surface area (Å²) in [5, 5.41) is 2.86. The van der Waals surface area contributed by atoms with E-state index in [1.54, 1.807) is 6.92 Å². The minimum absolute atomic E-state index is 0.0771. The van der Waals surface area contributed by atoms with Gasteiger partial charge in [0, 0.05) is 19.1 Å². The molecule has 0 spiro atoms. The first-order valence-corrected chi connectivity index (χ1v) is 7.03. The molecule has 1 aliphatic heterocycles. The Labute approximate surface area is 117 Å². The van der Waals surface area contributed by atoms with Crippen molar-refractivity contribution in [1.29, 1.82) is 0 Å². The van der Waals surface area contributed by atoms with Crippen molar-refractivity contribution in [1.82, 2.24) is 10.2 Å². The monoisotopic (exact) mass is 295 g/mol. The molecule has 0 aliphatic carbocycles. The second kappa shape index (κ2) is 6.76. The van der Waals surface area contributed by atoms with Gasteiger partial charge in [-0.25, -0.2) is 0 Å². The zero-order valence-electron chi connectivity index (χ0n) is 12.1. The Morgan fingerprint density at radius 1 is 1.35 bits per heavy atom. The van der Waals surface area contributed by atoms with Crippen LogP contribution in [0.15, 0.2) is 0 Å². The van der Waals surface area contributed by atoms with Gasteiger partial charge in [0.1, 0.15) is 0 Å². The summed E-state index contributed by atoms with van der Waals surface area (Å²) in [5.74, 6) is -0.214. The normalized spacial score (nSPS) is 21.5. The maximum atomic E-state index is 12.3. The highest BCUT2D eigenvalue weighted by atomic mass is 19.4. The average molecular weight is 295 g/mol. The number of alkyl halides is 3. The summed E-state index contributed by atoms with van der Waals surface area (Å²) in [5.41, 5.74) is 5.02. The topological polar surface area (TPSA) is 58.4 Å². The van der Waals surface area contributed by atoms with Crippen LogP contribution in [0.5, 0.6) is 0 Å². The Morgan fingerprint density at radius 2 is 1.90 bits per heavy atom. The van der Waals surface area contributed by atoms with Crippen molar-refractivity contribution in [3.63, 3.8) is 0 Å². The van der Waals surface area contributed by atoms with Crippen LogP contribution >= 0.6 is 0 Å². The summed E-state index contributed by atoms with van der Waals surface area (Å²) in [6, 6.07) is -0.0771. The summed E-state index contributed by atoms with van der Waals surface area (Å²) in [6.07, 6.45) is -1.70. The van der Waals surface area contributed by atoms with Crippen molar-refractivity contribution in [2.45, 2.75) is 57.3 Å². The highest BCUT2D eigenvalue weighted by molar-refractivity contribution is 5.85. The molecule has 118 valence electrons. The molecule has 0 aromatic heterocycles. The molecule has 1 unspecified atom stereocenters. The summed E-state index contributed by atoms with van der Waals surface area (Å²) < 4.78 is 36.8. The van der Waals surface area contributed by atoms with Gasteiger partial charge in [-0.3, -0.25) is 9.69 Å². The first-order chi connectivity index (χ1) is 9.14. The summed E-state index contributed by atoms with van der Waals surface area (Å²) >= 11 is 0. The van der Waals surface area contributed by atoms with E-state index in [2.05, 4.69) is 5.32 Å². The summed E-state index contributed by atoms with van der Waals surface area (Å²) in [6.45, 7) is 3.45. The lowest BCUT2D eigenvalue weighted by Crippen LogP contribution is -2.56. The fourth-order valence-electron chi connectivity index (χ4n) is 2.47. The second-order valence-corrected chi connectivity index (χ2v) is 5.81. The number of rotatable bonds is 5. The van der Waals surface area contributed by atoms with Crippen LogP contribution < -0.4 is 11.1 Å². The van der Waals surface area contributed by atoms with E-state index in [1.165, 1.54) is 4.90 Å². The number of amides is 1. The van der Waals surface area contributed by atoms with Crippen molar-refractivity contribution >= 4 is 5.91 Å². The van der Waals surface area contributed by atoms with E-state index in [4.69, 9.17) is 5.73 Å². The molecule has 1 heterocycles. The van der Waals surface area contributed by atoms with Crippen molar-refractivity contribution in [3.05, 3.63) is 0 Å². The van der Waals surface area contributed by atoms with E-state index in [9.17, 15) is 18.0 Å². The van der Waals surface area contributed by atoms with Crippen molar-refractivity contribution in [2.24, 2.45) is 5.73 Å². The Bertz CT molecular complexity index is 323. The van der Waals surface area contributed by atoms with Crippen LogP contribution in [-0.4, -0.2) is 48.2 Å². The van der Waals surface area contributed by atoms with Crippen molar-refractivity contribution < 1.29 is 18.0 Å². The molecule has 1 aliphatic rings. The van der Waals surface area contributed by atoms with Gasteiger partial charge in [-0.05, 0) is 26.2 Å². The summed E-state index contributed by atoms with van der Waals surface area (Å²) in [4.78, 5) is 13.4. The number of piperidine rings is 1. The molecular weight excluding hydrogens is 271 g/mol. The molecule has 7 heteroatoms. The lowest BCUT2D eigenvalue weighted by Gasteiger charge is -2.34. The van der Waals surface area contributed by atoms with Crippen LogP contribution in [-0.2, 0) is 4.79 Å². The third kappa shape index (κ3) is 5.66.